The molecule has 5 nitrogen and oxygen atoms in total. The van der Waals surface area contributed by atoms with Crippen LogP contribution in [0.2, 0.25) is 0 Å². The first-order valence-corrected chi connectivity index (χ1v) is 6.64. The number of hydrogen-bond donors (Lipinski definition) is 2. The number of fused-ring (bicyclic) bond motifs is 1. The lowest BCUT2D eigenvalue weighted by Gasteiger charge is -2.10. The maximum absolute atomic E-state index is 12.7. The number of hydrogen-bond acceptors (Lipinski definition) is 3. The average molecular weight is 320 g/mol. The Morgan fingerprint density at radius 2 is 2.04 bits per heavy atom. The summed E-state index contributed by atoms with van der Waals surface area (Å²) in [6, 6.07) is 6.68. The van der Waals surface area contributed by atoms with Gasteiger partial charge in [0.2, 0.25) is 0 Å². The van der Waals surface area contributed by atoms with Gasteiger partial charge in [0, 0.05) is 11.1 Å². The Labute approximate surface area is 128 Å². The summed E-state index contributed by atoms with van der Waals surface area (Å²) >= 11 is 0. The van der Waals surface area contributed by atoms with Crippen LogP contribution in [-0.4, -0.2) is 21.1 Å². The molecule has 2 heterocycles. The lowest BCUT2D eigenvalue weighted by atomic mass is 10.1. The number of carbonyl (C=O) groups excluding carboxylic acids is 1. The molecule has 8 heteroatoms. The van der Waals surface area contributed by atoms with E-state index in [2.05, 4.69) is 20.5 Å². The van der Waals surface area contributed by atoms with E-state index >= 15 is 0 Å². The second-order valence-corrected chi connectivity index (χ2v) is 4.98. The van der Waals surface area contributed by atoms with Crippen molar-refractivity contribution in [2.75, 3.05) is 5.32 Å². The smallest absolute Gasteiger partial charge is 0.320 e. The summed E-state index contributed by atoms with van der Waals surface area (Å²) in [5.74, 6) is -0.706. The zero-order chi connectivity index (χ0) is 16.6. The number of benzene rings is 1. The molecular formula is C15H11F3N4O. The van der Waals surface area contributed by atoms with E-state index in [9.17, 15) is 18.0 Å². The second kappa shape index (κ2) is 5.38. The highest BCUT2D eigenvalue weighted by Gasteiger charge is 2.32. The predicted octanol–water partition coefficient (Wildman–Crippen LogP) is 3.54. The highest BCUT2D eigenvalue weighted by Crippen LogP contribution is 2.28. The molecule has 0 radical (unpaired) electrons. The summed E-state index contributed by atoms with van der Waals surface area (Å²) in [4.78, 5) is 15.5. The number of rotatable bonds is 2. The monoisotopic (exact) mass is 320 g/mol. The number of amides is 1. The number of halogens is 3. The zero-order valence-corrected chi connectivity index (χ0v) is 11.9. The van der Waals surface area contributed by atoms with Gasteiger partial charge in [-0.05, 0) is 36.8 Å². The van der Waals surface area contributed by atoms with Gasteiger partial charge in [-0.3, -0.25) is 9.89 Å². The third kappa shape index (κ3) is 3.01. The average Bonchev–Trinajstić information content (AvgIpc) is 2.94. The summed E-state index contributed by atoms with van der Waals surface area (Å²) < 4.78 is 38.0. The highest BCUT2D eigenvalue weighted by atomic mass is 19.4. The maximum atomic E-state index is 12.7. The first-order valence-electron chi connectivity index (χ1n) is 6.64. The van der Waals surface area contributed by atoms with E-state index in [0.29, 0.717) is 5.69 Å². The fourth-order valence-corrected chi connectivity index (χ4v) is 2.14. The lowest BCUT2D eigenvalue weighted by Crippen LogP contribution is -2.17. The Kier molecular flexibility index (Phi) is 3.51. The number of aromatic amines is 1. The molecule has 2 N–H and O–H groups in total. The molecule has 23 heavy (non-hydrogen) atoms. The SMILES string of the molecule is Cc1cc2[nH]ncc2cc1NC(=O)c1cccc(C(F)(F)F)n1. The third-order valence-corrected chi connectivity index (χ3v) is 3.31. The van der Waals surface area contributed by atoms with Gasteiger partial charge in [-0.15, -0.1) is 0 Å². The molecule has 0 saturated heterocycles. The number of anilines is 1. The van der Waals surface area contributed by atoms with Gasteiger partial charge in [-0.1, -0.05) is 6.07 Å². The van der Waals surface area contributed by atoms with Crippen molar-refractivity contribution in [1.29, 1.82) is 0 Å². The Morgan fingerprint density at radius 3 is 2.78 bits per heavy atom. The fraction of sp³-hybridized carbons (Fsp3) is 0.133. The number of alkyl halides is 3. The van der Waals surface area contributed by atoms with Crippen LogP contribution in [0, 0.1) is 6.92 Å². The Hall–Kier alpha value is -2.90. The van der Waals surface area contributed by atoms with Crippen LogP contribution in [0.25, 0.3) is 10.9 Å². The number of H-pyrrole nitrogens is 1. The van der Waals surface area contributed by atoms with Crippen molar-refractivity contribution in [3.05, 3.63) is 53.5 Å². The van der Waals surface area contributed by atoms with Gasteiger partial charge in [0.1, 0.15) is 11.4 Å². The van der Waals surface area contributed by atoms with Crippen molar-refractivity contribution in [2.45, 2.75) is 13.1 Å². The minimum absolute atomic E-state index is 0.300. The third-order valence-electron chi connectivity index (χ3n) is 3.31. The highest BCUT2D eigenvalue weighted by molar-refractivity contribution is 6.04. The van der Waals surface area contributed by atoms with Gasteiger partial charge in [-0.25, -0.2) is 4.98 Å². The molecule has 118 valence electrons. The van der Waals surface area contributed by atoms with Crippen molar-refractivity contribution in [1.82, 2.24) is 15.2 Å². The predicted molar refractivity (Wildman–Crippen MR) is 78.0 cm³/mol. The molecule has 3 aromatic rings. The quantitative estimate of drug-likeness (QED) is 0.759. The number of aryl methyl sites for hydroxylation is 1. The summed E-state index contributed by atoms with van der Waals surface area (Å²) in [6.45, 7) is 1.77. The standard InChI is InChI=1S/C15H11F3N4O/c1-8-5-12-9(7-19-22-12)6-11(8)21-14(23)10-3-2-4-13(20-10)15(16,17)18/h2-7H,1H3,(H,19,22)(H,21,23). The molecule has 0 saturated carbocycles. The Morgan fingerprint density at radius 1 is 1.26 bits per heavy atom. The molecule has 1 aromatic carbocycles. The van der Waals surface area contributed by atoms with Gasteiger partial charge in [-0.2, -0.15) is 18.3 Å². The van der Waals surface area contributed by atoms with Gasteiger partial charge < -0.3 is 5.32 Å². The number of carbonyl (C=O) groups is 1. The van der Waals surface area contributed by atoms with Crippen LogP contribution in [0.4, 0.5) is 18.9 Å². The molecule has 0 aliphatic carbocycles. The van der Waals surface area contributed by atoms with Crippen molar-refractivity contribution in [3.63, 3.8) is 0 Å². The van der Waals surface area contributed by atoms with E-state index < -0.39 is 17.8 Å². The summed E-state index contributed by atoms with van der Waals surface area (Å²) in [5.41, 5.74) is 0.640. The summed E-state index contributed by atoms with van der Waals surface area (Å²) in [6.07, 6.45) is -3.01. The van der Waals surface area contributed by atoms with Crippen molar-refractivity contribution in [2.24, 2.45) is 0 Å². The molecule has 0 spiro atoms. The molecule has 3 rings (SSSR count). The molecule has 0 unspecified atom stereocenters. The summed E-state index contributed by atoms with van der Waals surface area (Å²) in [5, 5.41) is 10.0. The van der Waals surface area contributed by atoms with Crippen molar-refractivity contribution in [3.8, 4) is 0 Å². The molecular weight excluding hydrogens is 309 g/mol. The summed E-state index contributed by atoms with van der Waals surface area (Å²) in [7, 11) is 0. The zero-order valence-electron chi connectivity index (χ0n) is 11.9. The van der Waals surface area contributed by atoms with Gasteiger partial charge in [0.15, 0.2) is 0 Å². The maximum Gasteiger partial charge on any atom is 0.433 e. The minimum Gasteiger partial charge on any atom is -0.320 e. The largest absolute Gasteiger partial charge is 0.433 e. The van der Waals surface area contributed by atoms with Crippen LogP contribution in [0.5, 0.6) is 0 Å². The topological polar surface area (TPSA) is 70.7 Å². The van der Waals surface area contributed by atoms with Gasteiger partial charge >= 0.3 is 6.18 Å². The van der Waals surface area contributed by atoms with Crippen LogP contribution in [0.1, 0.15) is 21.7 Å². The minimum atomic E-state index is -4.60. The van der Waals surface area contributed by atoms with Crippen LogP contribution >= 0.6 is 0 Å². The number of nitrogens with zero attached hydrogens (tertiary/aromatic N) is 2. The van der Waals surface area contributed by atoms with Crippen molar-refractivity contribution >= 4 is 22.5 Å². The van der Waals surface area contributed by atoms with E-state index in [4.69, 9.17) is 0 Å². The van der Waals surface area contributed by atoms with Crippen LogP contribution in [0.15, 0.2) is 36.5 Å². The van der Waals surface area contributed by atoms with Crippen LogP contribution in [0.3, 0.4) is 0 Å². The molecule has 1 amide bonds. The number of pyridine rings is 1. The molecule has 0 fully saturated rings. The Balaban J connectivity index is 1.90. The van der Waals surface area contributed by atoms with Gasteiger partial charge in [0.25, 0.3) is 5.91 Å². The van der Waals surface area contributed by atoms with E-state index in [1.54, 1.807) is 25.3 Å². The van der Waals surface area contributed by atoms with Gasteiger partial charge in [0.05, 0.1) is 11.7 Å². The van der Waals surface area contributed by atoms with Crippen LogP contribution in [-0.2, 0) is 6.18 Å². The molecule has 0 bridgehead atoms. The normalized spacial score (nSPS) is 11.7. The van der Waals surface area contributed by atoms with E-state index in [0.717, 1.165) is 28.6 Å². The Bertz CT molecular complexity index is 886. The lowest BCUT2D eigenvalue weighted by molar-refractivity contribution is -0.141. The van der Waals surface area contributed by atoms with E-state index in [1.165, 1.54) is 6.07 Å². The molecule has 2 aromatic heterocycles. The van der Waals surface area contributed by atoms with E-state index in [1.807, 2.05) is 0 Å². The van der Waals surface area contributed by atoms with Crippen molar-refractivity contribution < 1.29 is 18.0 Å². The molecule has 0 atom stereocenters. The first kappa shape index (κ1) is 15.0. The second-order valence-electron chi connectivity index (χ2n) is 4.98. The molecule has 0 aliphatic heterocycles. The molecule has 0 aliphatic rings. The number of nitrogens with one attached hydrogen (secondary N) is 2. The first-order chi connectivity index (χ1) is 10.8. The fourth-order valence-electron chi connectivity index (χ4n) is 2.14. The number of aromatic nitrogens is 3. The van der Waals surface area contributed by atoms with E-state index in [-0.39, 0.29) is 5.69 Å². The van der Waals surface area contributed by atoms with Crippen LogP contribution < -0.4 is 5.32 Å².